The van der Waals surface area contributed by atoms with Gasteiger partial charge in [-0.3, -0.25) is 0 Å². The second-order valence-electron chi connectivity index (χ2n) is 3.41. The smallest absolute Gasteiger partial charge is 0.130 e. The van der Waals surface area contributed by atoms with E-state index in [1.165, 1.54) is 0 Å². The highest BCUT2D eigenvalue weighted by molar-refractivity contribution is 9.08. The normalized spacial score (nSPS) is 10.3. The Hall–Kier alpha value is -0.700. The van der Waals surface area contributed by atoms with Gasteiger partial charge in [-0.15, -0.1) is 0 Å². The minimum absolute atomic E-state index is 0.598. The van der Waals surface area contributed by atoms with Crippen LogP contribution >= 0.6 is 39.1 Å². The minimum atomic E-state index is 0.598. The summed E-state index contributed by atoms with van der Waals surface area (Å²) in [6.45, 7) is 0. The number of benzene rings is 2. The summed E-state index contributed by atoms with van der Waals surface area (Å²) in [5.41, 5.74) is 0.869. The average Bonchev–Trinajstić information content (AvgIpc) is 2.30. The molecule has 0 fully saturated rings. The molecule has 0 heterocycles. The lowest BCUT2D eigenvalue weighted by atomic mass is 10.2. The summed E-state index contributed by atoms with van der Waals surface area (Å²) in [7, 11) is 0. The van der Waals surface area contributed by atoms with Crippen LogP contribution in [0.25, 0.3) is 0 Å². The van der Waals surface area contributed by atoms with Crippen molar-refractivity contribution in [2.24, 2.45) is 0 Å². The molecule has 0 aromatic heterocycles. The Bertz CT molecular complexity index is 491. The molecule has 0 aliphatic rings. The third kappa shape index (κ3) is 3.15. The van der Waals surface area contributed by atoms with Gasteiger partial charge in [-0.05, 0) is 24.3 Å². The van der Waals surface area contributed by atoms with E-state index in [0.29, 0.717) is 21.1 Å². The Labute approximate surface area is 118 Å². The van der Waals surface area contributed by atoms with Gasteiger partial charge in [-0.2, -0.15) is 0 Å². The monoisotopic (exact) mass is 330 g/mol. The van der Waals surface area contributed by atoms with Crippen LogP contribution in [-0.4, -0.2) is 0 Å². The summed E-state index contributed by atoms with van der Waals surface area (Å²) in [5.74, 6) is 1.39. The largest absolute Gasteiger partial charge is 0.457 e. The Morgan fingerprint density at radius 3 is 2.06 bits per heavy atom. The van der Waals surface area contributed by atoms with E-state index >= 15 is 0 Å². The van der Waals surface area contributed by atoms with E-state index in [4.69, 9.17) is 27.9 Å². The molecule has 0 saturated carbocycles. The van der Waals surface area contributed by atoms with Crippen LogP contribution < -0.4 is 4.74 Å². The number of para-hydroxylation sites is 1. The van der Waals surface area contributed by atoms with Crippen LogP contribution in [-0.2, 0) is 5.33 Å². The molecule has 1 nitrogen and oxygen atoms in total. The molecule has 2 aromatic rings. The molecule has 0 aliphatic heterocycles. The number of hydrogen-bond donors (Lipinski definition) is 0. The van der Waals surface area contributed by atoms with Gasteiger partial charge in [-0.1, -0.05) is 57.3 Å². The number of rotatable bonds is 3. The standard InChI is InChI=1S/C13H9BrCl2O/c14-8-11-12(15)6-10(7-13(11)16)17-9-4-2-1-3-5-9/h1-7H,8H2. The average molecular weight is 332 g/mol. The second kappa shape index (κ2) is 5.76. The van der Waals surface area contributed by atoms with Crippen molar-refractivity contribution in [2.75, 3.05) is 0 Å². The van der Waals surface area contributed by atoms with Crippen LogP contribution in [0.3, 0.4) is 0 Å². The molecule has 0 amide bonds. The number of ether oxygens (including phenoxy) is 1. The van der Waals surface area contributed by atoms with Crippen LogP contribution in [0.4, 0.5) is 0 Å². The highest BCUT2D eigenvalue weighted by Crippen LogP contribution is 2.33. The lowest BCUT2D eigenvalue weighted by molar-refractivity contribution is 0.482. The Kier molecular flexibility index (Phi) is 4.32. The van der Waals surface area contributed by atoms with E-state index in [0.717, 1.165) is 11.3 Å². The van der Waals surface area contributed by atoms with E-state index in [1.54, 1.807) is 12.1 Å². The maximum absolute atomic E-state index is 6.11. The molecule has 0 aliphatic carbocycles. The Morgan fingerprint density at radius 1 is 0.941 bits per heavy atom. The predicted octanol–water partition coefficient (Wildman–Crippen LogP) is 5.68. The lowest BCUT2D eigenvalue weighted by Gasteiger charge is -2.09. The van der Waals surface area contributed by atoms with Gasteiger partial charge in [0.05, 0.1) is 0 Å². The summed E-state index contributed by atoms with van der Waals surface area (Å²) >= 11 is 15.6. The van der Waals surface area contributed by atoms with Crippen LogP contribution in [0, 0.1) is 0 Å². The predicted molar refractivity (Wildman–Crippen MR) is 75.6 cm³/mol. The van der Waals surface area contributed by atoms with Crippen molar-refractivity contribution in [3.05, 3.63) is 58.1 Å². The van der Waals surface area contributed by atoms with Crippen LogP contribution in [0.1, 0.15) is 5.56 Å². The Morgan fingerprint density at radius 2 is 1.53 bits per heavy atom. The fourth-order valence-electron chi connectivity index (χ4n) is 1.39. The van der Waals surface area contributed by atoms with Crippen molar-refractivity contribution in [3.8, 4) is 11.5 Å². The highest BCUT2D eigenvalue weighted by atomic mass is 79.9. The van der Waals surface area contributed by atoms with Crippen molar-refractivity contribution in [1.82, 2.24) is 0 Å². The zero-order valence-corrected chi connectivity index (χ0v) is 11.9. The van der Waals surface area contributed by atoms with Gasteiger partial charge < -0.3 is 4.74 Å². The van der Waals surface area contributed by atoms with Crippen molar-refractivity contribution >= 4 is 39.1 Å². The van der Waals surface area contributed by atoms with Crippen molar-refractivity contribution < 1.29 is 4.74 Å². The molecule has 88 valence electrons. The lowest BCUT2D eigenvalue weighted by Crippen LogP contribution is -1.87. The van der Waals surface area contributed by atoms with Crippen LogP contribution in [0.2, 0.25) is 10.0 Å². The zero-order valence-electron chi connectivity index (χ0n) is 8.79. The van der Waals surface area contributed by atoms with E-state index in [9.17, 15) is 0 Å². The summed E-state index contributed by atoms with van der Waals surface area (Å²) in [5, 5.41) is 1.82. The first-order valence-electron chi connectivity index (χ1n) is 4.97. The van der Waals surface area contributed by atoms with E-state index in [1.807, 2.05) is 30.3 Å². The van der Waals surface area contributed by atoms with Crippen molar-refractivity contribution in [1.29, 1.82) is 0 Å². The molecule has 0 radical (unpaired) electrons. The van der Waals surface area contributed by atoms with Gasteiger partial charge in [0.25, 0.3) is 0 Å². The second-order valence-corrected chi connectivity index (χ2v) is 4.79. The molecular formula is C13H9BrCl2O. The van der Waals surface area contributed by atoms with Gasteiger partial charge in [0.15, 0.2) is 0 Å². The summed E-state index contributed by atoms with van der Waals surface area (Å²) in [6.07, 6.45) is 0. The van der Waals surface area contributed by atoms with Crippen molar-refractivity contribution in [2.45, 2.75) is 5.33 Å². The molecule has 0 N–H and O–H groups in total. The molecule has 17 heavy (non-hydrogen) atoms. The first-order valence-corrected chi connectivity index (χ1v) is 6.85. The number of halogens is 3. The third-order valence-corrected chi connectivity index (χ3v) is 3.46. The summed E-state index contributed by atoms with van der Waals surface area (Å²) in [6, 6.07) is 13.0. The van der Waals surface area contributed by atoms with Gasteiger partial charge in [0, 0.05) is 20.9 Å². The molecule has 0 atom stereocenters. The molecule has 0 unspecified atom stereocenters. The minimum Gasteiger partial charge on any atom is -0.457 e. The zero-order chi connectivity index (χ0) is 12.3. The quantitative estimate of drug-likeness (QED) is 0.657. The molecule has 0 bridgehead atoms. The summed E-state index contributed by atoms with van der Waals surface area (Å²) in [4.78, 5) is 0. The van der Waals surface area contributed by atoms with E-state index in [-0.39, 0.29) is 0 Å². The SMILES string of the molecule is Clc1cc(Oc2ccccc2)cc(Cl)c1CBr. The number of hydrogen-bond acceptors (Lipinski definition) is 1. The summed E-state index contributed by atoms with van der Waals surface area (Å²) < 4.78 is 5.66. The van der Waals surface area contributed by atoms with E-state index < -0.39 is 0 Å². The topological polar surface area (TPSA) is 9.23 Å². The molecule has 0 saturated heterocycles. The van der Waals surface area contributed by atoms with Gasteiger partial charge in [-0.25, -0.2) is 0 Å². The third-order valence-electron chi connectivity index (χ3n) is 2.23. The number of alkyl halides is 1. The van der Waals surface area contributed by atoms with Gasteiger partial charge >= 0.3 is 0 Å². The molecule has 0 spiro atoms. The van der Waals surface area contributed by atoms with E-state index in [2.05, 4.69) is 15.9 Å². The maximum Gasteiger partial charge on any atom is 0.130 e. The van der Waals surface area contributed by atoms with Crippen LogP contribution in [0.15, 0.2) is 42.5 Å². The fraction of sp³-hybridized carbons (Fsp3) is 0.0769. The highest BCUT2D eigenvalue weighted by Gasteiger charge is 2.08. The van der Waals surface area contributed by atoms with Crippen LogP contribution in [0.5, 0.6) is 11.5 Å². The fourth-order valence-corrected chi connectivity index (χ4v) is 2.92. The van der Waals surface area contributed by atoms with Gasteiger partial charge in [0.2, 0.25) is 0 Å². The molecule has 4 heteroatoms. The van der Waals surface area contributed by atoms with Crippen molar-refractivity contribution in [3.63, 3.8) is 0 Å². The maximum atomic E-state index is 6.11. The van der Waals surface area contributed by atoms with Gasteiger partial charge in [0.1, 0.15) is 11.5 Å². The molecule has 2 aromatic carbocycles. The first kappa shape index (κ1) is 12.7. The molecular weight excluding hydrogens is 323 g/mol. The first-order chi connectivity index (χ1) is 8.20. The molecule has 2 rings (SSSR count). The Balaban J connectivity index is 2.29.